The number of hydrogen-bond acceptors (Lipinski definition) is 2. The van der Waals surface area contributed by atoms with Crippen molar-refractivity contribution in [1.29, 1.82) is 0 Å². The van der Waals surface area contributed by atoms with Gasteiger partial charge in [0.05, 0.1) is 5.54 Å². The predicted octanol–water partition coefficient (Wildman–Crippen LogP) is 2.83. The van der Waals surface area contributed by atoms with Crippen LogP contribution < -0.4 is 0 Å². The maximum absolute atomic E-state index is 12.3. The Hall–Kier alpha value is -1.06. The Labute approximate surface area is 96.3 Å². The van der Waals surface area contributed by atoms with Crippen molar-refractivity contribution in [3.63, 3.8) is 0 Å². The minimum absolute atomic E-state index is 0.238. The van der Waals surface area contributed by atoms with Crippen molar-refractivity contribution in [1.82, 2.24) is 5.06 Å². The molecule has 0 spiro atoms. The fourth-order valence-corrected chi connectivity index (χ4v) is 2.50. The minimum atomic E-state index is -0.461. The zero-order chi connectivity index (χ0) is 12.0. The summed E-state index contributed by atoms with van der Waals surface area (Å²) in [5.41, 5.74) is 0.218. The largest absolute Gasteiger partial charge is 0.508 e. The Balaban J connectivity index is 2.37. The van der Waals surface area contributed by atoms with Crippen LogP contribution in [0.25, 0.3) is 0 Å². The van der Waals surface area contributed by atoms with E-state index in [9.17, 15) is 10.3 Å². The smallest absolute Gasteiger partial charge is 0.115 e. The molecule has 1 aromatic carbocycles. The second kappa shape index (κ2) is 3.47. The average molecular weight is 220 g/mol. The highest BCUT2D eigenvalue weighted by molar-refractivity contribution is 5.31. The highest BCUT2D eigenvalue weighted by Gasteiger charge is 2.49. The van der Waals surface area contributed by atoms with Crippen LogP contribution in [0, 0.1) is 0 Å². The first kappa shape index (κ1) is 11.4. The molecule has 1 heterocycles. The normalized spacial score (nSPS) is 29.5. The zero-order valence-corrected chi connectivity index (χ0v) is 10.0. The van der Waals surface area contributed by atoms with E-state index in [4.69, 9.17) is 0 Å². The lowest BCUT2D eigenvalue weighted by molar-refractivity contribution is -0.252. The van der Waals surface area contributed by atoms with Gasteiger partial charge in [0.25, 0.3) is 0 Å². The van der Waals surface area contributed by atoms with E-state index < -0.39 is 5.54 Å². The van der Waals surface area contributed by atoms with Crippen LogP contribution in [0.4, 0.5) is 0 Å². The lowest BCUT2D eigenvalue weighted by Crippen LogP contribution is -2.44. The van der Waals surface area contributed by atoms with E-state index in [1.807, 2.05) is 32.9 Å². The highest BCUT2D eigenvalue weighted by Crippen LogP contribution is 2.45. The van der Waals surface area contributed by atoms with Gasteiger partial charge in [0.15, 0.2) is 0 Å². The lowest BCUT2D eigenvalue weighted by Gasteiger charge is -2.35. The quantitative estimate of drug-likeness (QED) is 0.790. The van der Waals surface area contributed by atoms with E-state index in [2.05, 4.69) is 0 Å². The first-order valence-corrected chi connectivity index (χ1v) is 5.63. The van der Waals surface area contributed by atoms with E-state index in [1.165, 1.54) is 5.06 Å². The molecule has 3 nitrogen and oxygen atoms in total. The maximum Gasteiger partial charge on any atom is 0.115 e. The molecule has 0 aliphatic carbocycles. The number of phenolic OH excluding ortho intramolecular Hbond substituents is 1. The molecule has 1 saturated heterocycles. The predicted molar refractivity (Wildman–Crippen MR) is 61.3 cm³/mol. The molecule has 0 aromatic heterocycles. The summed E-state index contributed by atoms with van der Waals surface area (Å²) in [5.74, 6) is 0.238. The van der Waals surface area contributed by atoms with Gasteiger partial charge in [0.1, 0.15) is 5.75 Å². The summed E-state index contributed by atoms with van der Waals surface area (Å²) in [5, 5.41) is 22.7. The van der Waals surface area contributed by atoms with Crippen LogP contribution in [-0.2, 0) is 10.7 Å². The molecule has 1 atom stereocenters. The molecule has 0 amide bonds. The summed E-state index contributed by atoms with van der Waals surface area (Å²) in [6.45, 7) is 5.93. The number of benzene rings is 1. The Bertz CT molecular complexity index is 385. The third-order valence-corrected chi connectivity index (χ3v) is 3.71. The molecule has 1 aliphatic rings. The summed E-state index contributed by atoms with van der Waals surface area (Å²) in [4.78, 5) is 0. The molecule has 1 N–H and O–H groups in total. The van der Waals surface area contributed by atoms with E-state index in [1.54, 1.807) is 12.1 Å². The molecular weight excluding hydrogens is 202 g/mol. The average Bonchev–Trinajstić information content (AvgIpc) is 2.45. The Morgan fingerprint density at radius 2 is 1.69 bits per heavy atom. The molecule has 87 valence electrons. The summed E-state index contributed by atoms with van der Waals surface area (Å²) in [6, 6.07) is 6.95. The van der Waals surface area contributed by atoms with Crippen LogP contribution in [0.15, 0.2) is 24.3 Å². The number of aromatic hydroxyl groups is 1. The molecule has 2 rings (SSSR count). The lowest BCUT2D eigenvalue weighted by atomic mass is 9.90. The second-order valence-corrected chi connectivity index (χ2v) is 5.43. The van der Waals surface area contributed by atoms with Gasteiger partial charge < -0.3 is 5.11 Å². The van der Waals surface area contributed by atoms with Crippen LogP contribution >= 0.6 is 0 Å². The van der Waals surface area contributed by atoms with Crippen molar-refractivity contribution in [3.8, 4) is 5.75 Å². The van der Waals surface area contributed by atoms with Crippen molar-refractivity contribution < 1.29 is 10.3 Å². The topological polar surface area (TPSA) is 43.4 Å². The van der Waals surface area contributed by atoms with Gasteiger partial charge >= 0.3 is 0 Å². The monoisotopic (exact) mass is 220 g/mol. The number of hydrogen-bond donors (Lipinski definition) is 1. The van der Waals surface area contributed by atoms with E-state index >= 15 is 0 Å². The molecule has 0 unspecified atom stereocenters. The Morgan fingerprint density at radius 3 is 2.12 bits per heavy atom. The van der Waals surface area contributed by atoms with Crippen LogP contribution in [0.1, 0.15) is 39.2 Å². The van der Waals surface area contributed by atoms with E-state index in [0.717, 1.165) is 18.4 Å². The van der Waals surface area contributed by atoms with Gasteiger partial charge in [-0.15, -0.1) is 10.3 Å². The Morgan fingerprint density at radius 1 is 1.12 bits per heavy atom. The van der Waals surface area contributed by atoms with Gasteiger partial charge in [-0.2, -0.15) is 0 Å². The fraction of sp³-hybridized carbons (Fsp3) is 0.538. The molecule has 1 aliphatic heterocycles. The number of rotatable bonds is 1. The molecule has 1 radical (unpaired) electrons. The number of hydroxylamine groups is 2. The first-order chi connectivity index (χ1) is 7.36. The summed E-state index contributed by atoms with van der Waals surface area (Å²) >= 11 is 0. The first-order valence-electron chi connectivity index (χ1n) is 5.63. The van der Waals surface area contributed by atoms with Gasteiger partial charge in [0.2, 0.25) is 0 Å². The fourth-order valence-electron chi connectivity index (χ4n) is 2.50. The van der Waals surface area contributed by atoms with Gasteiger partial charge in [-0.1, -0.05) is 12.1 Å². The third-order valence-electron chi connectivity index (χ3n) is 3.71. The molecular formula is C13H18NO2. The zero-order valence-electron chi connectivity index (χ0n) is 10.0. The molecule has 16 heavy (non-hydrogen) atoms. The van der Waals surface area contributed by atoms with Gasteiger partial charge in [-0.3, -0.25) is 0 Å². The number of nitrogens with zero attached hydrogens (tertiary/aromatic N) is 1. The SMILES string of the molecule is CC1(C)CC[C@](C)(c2ccc(O)cc2)N1[O]. The maximum atomic E-state index is 12.3. The summed E-state index contributed by atoms with van der Waals surface area (Å²) < 4.78 is 0. The third kappa shape index (κ3) is 1.60. The summed E-state index contributed by atoms with van der Waals surface area (Å²) in [6.07, 6.45) is 1.75. The Kier molecular flexibility index (Phi) is 2.48. The van der Waals surface area contributed by atoms with Crippen molar-refractivity contribution in [2.24, 2.45) is 0 Å². The second-order valence-electron chi connectivity index (χ2n) is 5.43. The van der Waals surface area contributed by atoms with Crippen LogP contribution in [0.2, 0.25) is 0 Å². The van der Waals surface area contributed by atoms with Crippen LogP contribution in [0.5, 0.6) is 5.75 Å². The van der Waals surface area contributed by atoms with Crippen molar-refractivity contribution in [2.75, 3.05) is 0 Å². The molecule has 1 aromatic rings. The molecule has 1 fully saturated rings. The molecule has 3 heteroatoms. The van der Waals surface area contributed by atoms with Crippen molar-refractivity contribution in [2.45, 2.75) is 44.7 Å². The highest BCUT2D eigenvalue weighted by atomic mass is 16.5. The van der Waals surface area contributed by atoms with Gasteiger partial charge in [0, 0.05) is 5.54 Å². The molecule has 0 saturated carbocycles. The van der Waals surface area contributed by atoms with Crippen LogP contribution in [-0.4, -0.2) is 15.7 Å². The number of phenols is 1. The van der Waals surface area contributed by atoms with Crippen molar-refractivity contribution in [3.05, 3.63) is 29.8 Å². The van der Waals surface area contributed by atoms with Gasteiger partial charge in [-0.25, -0.2) is 0 Å². The van der Waals surface area contributed by atoms with Crippen molar-refractivity contribution >= 4 is 0 Å². The van der Waals surface area contributed by atoms with Crippen LogP contribution in [0.3, 0.4) is 0 Å². The standard InChI is InChI=1S/C13H18NO2/c1-12(2)8-9-13(3,14(12)16)10-4-6-11(15)7-5-10/h4-7,15H,8-9H2,1-3H3/t13-/m1/s1. The summed E-state index contributed by atoms with van der Waals surface area (Å²) in [7, 11) is 0. The van der Waals surface area contributed by atoms with Gasteiger partial charge in [-0.05, 0) is 51.3 Å². The molecule has 0 bridgehead atoms. The van der Waals surface area contributed by atoms with E-state index in [0.29, 0.717) is 0 Å². The minimum Gasteiger partial charge on any atom is -0.508 e. The van der Waals surface area contributed by atoms with E-state index in [-0.39, 0.29) is 11.3 Å².